The second-order valence-corrected chi connectivity index (χ2v) is 7.63. The Morgan fingerprint density at radius 2 is 1.81 bits per heavy atom. The number of rotatable bonds is 8. The Balaban J connectivity index is 0.00000363. The van der Waals surface area contributed by atoms with Crippen LogP contribution in [-0.2, 0) is 24.4 Å². The summed E-state index contributed by atoms with van der Waals surface area (Å²) in [4.78, 5) is 20.9. The number of hydrogen-bond donors (Lipinski definition) is 1. The molecule has 0 unspecified atom stereocenters. The molecule has 8 heteroatoms. The lowest BCUT2D eigenvalue weighted by Crippen LogP contribution is -2.39. The smallest absolute Gasteiger partial charge is 0.223 e. The van der Waals surface area contributed by atoms with Crippen molar-refractivity contribution < 1.29 is 14.3 Å². The van der Waals surface area contributed by atoms with Crippen LogP contribution in [0.4, 0.5) is 0 Å². The fourth-order valence-electron chi connectivity index (χ4n) is 3.81. The van der Waals surface area contributed by atoms with Crippen LogP contribution in [0.1, 0.15) is 29.5 Å². The standard InChI is InChI=1S/C24H32N4O3.HI/c1-25-24(27(2)15-20-11-12-21(30-3)14-22(20)31-4)26-13-7-10-23(29)28-16-18-8-5-6-9-19(18)17-28;/h5-6,8-9,11-12,14H,7,10,13,15-17H2,1-4H3,(H,25,26);1H. The molecule has 1 aliphatic heterocycles. The van der Waals surface area contributed by atoms with Gasteiger partial charge in [0.2, 0.25) is 5.91 Å². The van der Waals surface area contributed by atoms with Gasteiger partial charge in [-0.3, -0.25) is 9.79 Å². The summed E-state index contributed by atoms with van der Waals surface area (Å²) in [7, 11) is 7.03. The summed E-state index contributed by atoms with van der Waals surface area (Å²) >= 11 is 0. The SMILES string of the molecule is CN=C(NCCCC(=O)N1Cc2ccccc2C1)N(C)Cc1ccc(OC)cc1OC.I. The van der Waals surface area contributed by atoms with Crippen molar-refractivity contribution in [3.8, 4) is 11.5 Å². The molecule has 0 aliphatic carbocycles. The van der Waals surface area contributed by atoms with Crippen LogP contribution in [0.2, 0.25) is 0 Å². The Morgan fingerprint density at radius 3 is 2.41 bits per heavy atom. The van der Waals surface area contributed by atoms with E-state index in [2.05, 4.69) is 22.4 Å². The van der Waals surface area contributed by atoms with Gasteiger partial charge in [0.25, 0.3) is 0 Å². The molecule has 32 heavy (non-hydrogen) atoms. The van der Waals surface area contributed by atoms with Crippen molar-refractivity contribution in [2.24, 2.45) is 4.99 Å². The summed E-state index contributed by atoms with van der Waals surface area (Å²) in [6.07, 6.45) is 1.28. The Kier molecular flexibility index (Phi) is 10.1. The van der Waals surface area contributed by atoms with E-state index in [1.54, 1.807) is 21.3 Å². The largest absolute Gasteiger partial charge is 0.497 e. The number of amides is 1. The molecule has 3 rings (SSSR count). The van der Waals surface area contributed by atoms with Crippen molar-refractivity contribution in [2.45, 2.75) is 32.5 Å². The van der Waals surface area contributed by atoms with Crippen LogP contribution in [0.3, 0.4) is 0 Å². The summed E-state index contributed by atoms with van der Waals surface area (Å²) in [5.74, 6) is 2.51. The monoisotopic (exact) mass is 552 g/mol. The van der Waals surface area contributed by atoms with E-state index in [4.69, 9.17) is 9.47 Å². The molecule has 174 valence electrons. The number of aliphatic imine (C=N–C) groups is 1. The third kappa shape index (κ3) is 6.51. The number of halogens is 1. The van der Waals surface area contributed by atoms with E-state index in [9.17, 15) is 4.79 Å². The molecule has 0 aromatic heterocycles. The number of carbonyl (C=O) groups excluding carboxylic acids is 1. The first-order chi connectivity index (χ1) is 15.0. The maximum atomic E-state index is 12.6. The third-order valence-electron chi connectivity index (χ3n) is 5.52. The normalized spacial score (nSPS) is 12.6. The first kappa shape index (κ1) is 25.8. The molecule has 7 nitrogen and oxygen atoms in total. The maximum Gasteiger partial charge on any atom is 0.223 e. The van der Waals surface area contributed by atoms with Gasteiger partial charge in [-0.2, -0.15) is 0 Å². The molecular weight excluding hydrogens is 519 g/mol. The summed E-state index contributed by atoms with van der Waals surface area (Å²) in [5.41, 5.74) is 3.55. The van der Waals surface area contributed by atoms with E-state index in [1.165, 1.54) is 11.1 Å². The summed E-state index contributed by atoms with van der Waals surface area (Å²) in [5, 5.41) is 3.35. The van der Waals surface area contributed by atoms with Crippen LogP contribution in [-0.4, -0.2) is 56.5 Å². The molecule has 0 saturated heterocycles. The van der Waals surface area contributed by atoms with Crippen LogP contribution in [0, 0.1) is 0 Å². The molecule has 0 radical (unpaired) electrons. The van der Waals surface area contributed by atoms with E-state index in [1.807, 2.05) is 47.2 Å². The number of hydrogen-bond acceptors (Lipinski definition) is 4. The topological polar surface area (TPSA) is 66.4 Å². The molecule has 0 atom stereocenters. The summed E-state index contributed by atoms with van der Waals surface area (Å²) in [6, 6.07) is 14.0. The first-order valence-corrected chi connectivity index (χ1v) is 10.5. The molecule has 1 aliphatic rings. The number of nitrogens with one attached hydrogen (secondary N) is 1. The van der Waals surface area contributed by atoms with Crippen molar-refractivity contribution in [1.82, 2.24) is 15.1 Å². The highest BCUT2D eigenvalue weighted by molar-refractivity contribution is 14.0. The number of fused-ring (bicyclic) bond motifs is 1. The minimum absolute atomic E-state index is 0. The fraction of sp³-hybridized carbons (Fsp3) is 0.417. The Bertz CT molecular complexity index is 910. The highest BCUT2D eigenvalue weighted by Gasteiger charge is 2.22. The molecule has 2 aromatic rings. The number of carbonyl (C=O) groups is 1. The minimum Gasteiger partial charge on any atom is -0.497 e. The van der Waals surface area contributed by atoms with Crippen LogP contribution in [0.15, 0.2) is 47.5 Å². The lowest BCUT2D eigenvalue weighted by atomic mass is 10.1. The lowest BCUT2D eigenvalue weighted by Gasteiger charge is -2.23. The maximum absolute atomic E-state index is 12.6. The van der Waals surface area contributed by atoms with Crippen molar-refractivity contribution in [2.75, 3.05) is 34.9 Å². The van der Waals surface area contributed by atoms with Gasteiger partial charge in [-0.1, -0.05) is 24.3 Å². The Morgan fingerprint density at radius 1 is 1.12 bits per heavy atom. The highest BCUT2D eigenvalue weighted by atomic mass is 127. The predicted molar refractivity (Wildman–Crippen MR) is 138 cm³/mol. The van der Waals surface area contributed by atoms with Crippen molar-refractivity contribution in [1.29, 1.82) is 0 Å². The number of guanidine groups is 1. The Hall–Kier alpha value is -2.49. The number of ether oxygens (including phenoxy) is 2. The van der Waals surface area contributed by atoms with E-state index < -0.39 is 0 Å². The zero-order chi connectivity index (χ0) is 22.2. The van der Waals surface area contributed by atoms with Crippen molar-refractivity contribution >= 4 is 35.8 Å². The molecule has 0 fully saturated rings. The van der Waals surface area contributed by atoms with E-state index in [-0.39, 0.29) is 29.9 Å². The summed E-state index contributed by atoms with van der Waals surface area (Å²) < 4.78 is 10.8. The van der Waals surface area contributed by atoms with E-state index in [0.717, 1.165) is 42.5 Å². The van der Waals surface area contributed by atoms with Gasteiger partial charge >= 0.3 is 0 Å². The van der Waals surface area contributed by atoms with Crippen LogP contribution in [0.25, 0.3) is 0 Å². The average Bonchev–Trinajstić information content (AvgIpc) is 3.23. The van der Waals surface area contributed by atoms with Crippen LogP contribution < -0.4 is 14.8 Å². The molecule has 1 N–H and O–H groups in total. The van der Waals surface area contributed by atoms with Crippen molar-refractivity contribution in [3.63, 3.8) is 0 Å². The number of nitrogens with zero attached hydrogens (tertiary/aromatic N) is 3. The number of methoxy groups -OCH3 is 2. The zero-order valence-corrected chi connectivity index (χ0v) is 21.6. The zero-order valence-electron chi connectivity index (χ0n) is 19.3. The summed E-state index contributed by atoms with van der Waals surface area (Å²) in [6.45, 7) is 2.76. The molecule has 1 amide bonds. The van der Waals surface area contributed by atoms with Crippen LogP contribution in [0.5, 0.6) is 11.5 Å². The van der Waals surface area contributed by atoms with Gasteiger partial charge in [-0.15, -0.1) is 24.0 Å². The van der Waals surface area contributed by atoms with Gasteiger partial charge in [-0.05, 0) is 29.7 Å². The predicted octanol–water partition coefficient (Wildman–Crippen LogP) is 3.65. The van der Waals surface area contributed by atoms with Gasteiger partial charge in [0.05, 0.1) is 14.2 Å². The second kappa shape index (κ2) is 12.5. The quantitative estimate of drug-likeness (QED) is 0.235. The van der Waals surface area contributed by atoms with Gasteiger partial charge < -0.3 is 24.6 Å². The van der Waals surface area contributed by atoms with E-state index in [0.29, 0.717) is 19.5 Å². The fourth-order valence-corrected chi connectivity index (χ4v) is 3.81. The second-order valence-electron chi connectivity index (χ2n) is 7.63. The highest BCUT2D eigenvalue weighted by Crippen LogP contribution is 2.25. The van der Waals surface area contributed by atoms with Crippen LogP contribution >= 0.6 is 24.0 Å². The average molecular weight is 552 g/mol. The lowest BCUT2D eigenvalue weighted by molar-refractivity contribution is -0.131. The Labute approximate surface area is 207 Å². The molecule has 0 spiro atoms. The van der Waals surface area contributed by atoms with E-state index >= 15 is 0 Å². The van der Waals surface area contributed by atoms with Gasteiger partial charge in [-0.25, -0.2) is 0 Å². The molecule has 1 heterocycles. The molecule has 2 aromatic carbocycles. The number of benzene rings is 2. The molecule has 0 saturated carbocycles. The third-order valence-corrected chi connectivity index (χ3v) is 5.52. The minimum atomic E-state index is 0. The first-order valence-electron chi connectivity index (χ1n) is 10.5. The van der Waals surface area contributed by atoms with Gasteiger partial charge in [0, 0.05) is 58.3 Å². The molecular formula is C24H33IN4O3. The van der Waals surface area contributed by atoms with Crippen molar-refractivity contribution in [3.05, 3.63) is 59.2 Å². The van der Waals surface area contributed by atoms with Gasteiger partial charge in [0.1, 0.15) is 11.5 Å². The molecule has 0 bridgehead atoms. The van der Waals surface area contributed by atoms with Gasteiger partial charge in [0.15, 0.2) is 5.96 Å².